The van der Waals surface area contributed by atoms with Crippen LogP contribution in [0.15, 0.2) is 30.6 Å². The predicted molar refractivity (Wildman–Crippen MR) is 76.7 cm³/mol. The minimum atomic E-state index is -0.886. The van der Waals surface area contributed by atoms with Gasteiger partial charge in [-0.3, -0.25) is 10.1 Å². The van der Waals surface area contributed by atoms with Gasteiger partial charge in [-0.15, -0.1) is 5.10 Å². The van der Waals surface area contributed by atoms with Crippen LogP contribution in [0, 0.1) is 10.1 Å². The Hall–Kier alpha value is -3.63. The van der Waals surface area contributed by atoms with Gasteiger partial charge in [-0.25, -0.2) is 14.8 Å². The van der Waals surface area contributed by atoms with Gasteiger partial charge in [0.15, 0.2) is 0 Å². The Morgan fingerprint density at radius 2 is 2.26 bits per heavy atom. The number of pyridine rings is 2. The smallest absolute Gasteiger partial charge is 0.369 e. The van der Waals surface area contributed by atoms with Gasteiger partial charge in [-0.1, -0.05) is 0 Å². The Labute approximate surface area is 128 Å². The number of nitro groups is 1. The van der Waals surface area contributed by atoms with Gasteiger partial charge in [0, 0.05) is 19.3 Å². The first-order chi connectivity index (χ1) is 11.1. The maximum Gasteiger partial charge on any atom is 0.369 e. The summed E-state index contributed by atoms with van der Waals surface area (Å²) >= 11 is 0. The molecule has 0 fully saturated rings. The highest BCUT2D eigenvalue weighted by atomic mass is 16.7. The van der Waals surface area contributed by atoms with Crippen LogP contribution in [-0.4, -0.2) is 43.1 Å². The summed E-state index contributed by atoms with van der Waals surface area (Å²) in [6.07, 6.45) is 2.53. The molecule has 3 rings (SSSR count). The highest BCUT2D eigenvalue weighted by Gasteiger charge is 2.21. The Kier molecular flexibility index (Phi) is 3.51. The van der Waals surface area contributed by atoms with Crippen LogP contribution >= 0.6 is 0 Å². The largest absolute Gasteiger partial charge is 0.372 e. The molecule has 11 heteroatoms. The van der Waals surface area contributed by atoms with Gasteiger partial charge in [-0.2, -0.15) is 0 Å². The van der Waals surface area contributed by atoms with Crippen LogP contribution in [0.4, 0.5) is 11.5 Å². The molecule has 0 radical (unpaired) electrons. The van der Waals surface area contributed by atoms with Crippen LogP contribution in [0.1, 0.15) is 10.4 Å². The maximum absolute atomic E-state index is 12.3. The molecule has 0 aliphatic heterocycles. The molecule has 0 saturated heterocycles. The molecule has 0 atom stereocenters. The van der Waals surface area contributed by atoms with Crippen LogP contribution in [0.2, 0.25) is 0 Å². The molecule has 116 valence electrons. The van der Waals surface area contributed by atoms with Crippen LogP contribution in [0.3, 0.4) is 0 Å². The lowest BCUT2D eigenvalue weighted by Gasteiger charge is -2.07. The van der Waals surface area contributed by atoms with E-state index in [0.29, 0.717) is 5.52 Å². The first kappa shape index (κ1) is 14.3. The average molecular weight is 315 g/mol. The first-order valence-corrected chi connectivity index (χ1v) is 6.31. The molecule has 1 N–H and O–H groups in total. The third kappa shape index (κ3) is 2.62. The molecule has 0 spiro atoms. The van der Waals surface area contributed by atoms with Crippen molar-refractivity contribution in [3.8, 4) is 0 Å². The molecule has 0 aliphatic carbocycles. The second-order valence-electron chi connectivity index (χ2n) is 4.28. The second kappa shape index (κ2) is 5.63. The van der Waals surface area contributed by atoms with Crippen LogP contribution in [0.5, 0.6) is 0 Å². The van der Waals surface area contributed by atoms with Gasteiger partial charge in [0.1, 0.15) is 23.1 Å². The zero-order chi connectivity index (χ0) is 16.4. The number of carbonyl (C=O) groups excluding carboxylic acids is 1. The highest BCUT2D eigenvalue weighted by molar-refractivity contribution is 5.95. The van der Waals surface area contributed by atoms with Crippen molar-refractivity contribution in [2.45, 2.75) is 0 Å². The standard InChI is InChI=1S/C12H9N7O4/c1-13-10-8(5-7(6-15-10)19(21)22)12(20)23-18-11-9(16-17-18)3-2-4-14-11/h2-6H,1H3,(H,13,15). The zero-order valence-corrected chi connectivity index (χ0v) is 11.7. The summed E-state index contributed by atoms with van der Waals surface area (Å²) in [5.74, 6) is -0.749. The lowest BCUT2D eigenvalue weighted by atomic mass is 10.2. The van der Waals surface area contributed by atoms with E-state index in [1.165, 1.54) is 13.2 Å². The van der Waals surface area contributed by atoms with Gasteiger partial charge >= 0.3 is 5.97 Å². The fourth-order valence-corrected chi connectivity index (χ4v) is 1.84. The molecule has 0 amide bonds. The van der Waals surface area contributed by atoms with Crippen molar-refractivity contribution in [1.29, 1.82) is 0 Å². The lowest BCUT2D eigenvalue weighted by Crippen LogP contribution is -2.22. The summed E-state index contributed by atoms with van der Waals surface area (Å²) in [5, 5.41) is 20.9. The molecular weight excluding hydrogens is 306 g/mol. The fourth-order valence-electron chi connectivity index (χ4n) is 1.84. The van der Waals surface area contributed by atoms with Crippen LogP contribution in [-0.2, 0) is 0 Å². The number of anilines is 1. The molecule has 3 heterocycles. The second-order valence-corrected chi connectivity index (χ2v) is 4.28. The zero-order valence-electron chi connectivity index (χ0n) is 11.7. The Balaban J connectivity index is 1.97. The van der Waals surface area contributed by atoms with Gasteiger partial charge < -0.3 is 10.2 Å². The number of carbonyl (C=O) groups is 1. The van der Waals surface area contributed by atoms with Gasteiger partial charge in [0.05, 0.1) is 4.92 Å². The van der Waals surface area contributed by atoms with Crippen molar-refractivity contribution in [2.75, 3.05) is 12.4 Å². The number of nitrogens with one attached hydrogen (secondary N) is 1. The van der Waals surface area contributed by atoms with E-state index in [1.54, 1.807) is 12.1 Å². The maximum atomic E-state index is 12.3. The van der Waals surface area contributed by atoms with E-state index < -0.39 is 10.9 Å². The Morgan fingerprint density at radius 1 is 1.43 bits per heavy atom. The molecule has 3 aromatic rings. The van der Waals surface area contributed by atoms with Gasteiger partial charge in [0.25, 0.3) is 5.69 Å². The summed E-state index contributed by atoms with van der Waals surface area (Å²) in [5.41, 5.74) is 0.232. The topological polar surface area (TPSA) is 138 Å². The third-order valence-electron chi connectivity index (χ3n) is 2.89. The molecule has 23 heavy (non-hydrogen) atoms. The molecule has 0 saturated carbocycles. The van der Waals surface area contributed by atoms with Crippen molar-refractivity contribution >= 4 is 28.6 Å². The molecule has 3 aromatic heterocycles. The summed E-state index contributed by atoms with van der Waals surface area (Å²) in [7, 11) is 1.53. The molecule has 0 unspecified atom stereocenters. The van der Waals surface area contributed by atoms with E-state index in [1.807, 2.05) is 0 Å². The third-order valence-corrected chi connectivity index (χ3v) is 2.89. The SMILES string of the molecule is CNc1ncc([N+](=O)[O-])cc1C(=O)On1nnc2cccnc21. The van der Waals surface area contributed by atoms with E-state index in [9.17, 15) is 14.9 Å². The summed E-state index contributed by atoms with van der Waals surface area (Å²) in [6, 6.07) is 4.37. The van der Waals surface area contributed by atoms with Crippen molar-refractivity contribution in [2.24, 2.45) is 0 Å². The molecule has 0 aliphatic rings. The minimum absolute atomic E-state index is 0.110. The fraction of sp³-hybridized carbons (Fsp3) is 0.0833. The normalized spacial score (nSPS) is 10.5. The Bertz CT molecular complexity index is 907. The molecule has 11 nitrogen and oxygen atoms in total. The quantitative estimate of drug-likeness (QED) is 0.412. The van der Waals surface area contributed by atoms with Crippen molar-refractivity contribution in [3.05, 3.63) is 46.3 Å². The Morgan fingerprint density at radius 3 is 3.00 bits per heavy atom. The predicted octanol–water partition coefficient (Wildman–Crippen LogP) is 0.440. The van der Waals surface area contributed by atoms with E-state index in [0.717, 1.165) is 17.1 Å². The van der Waals surface area contributed by atoms with Gasteiger partial charge in [0.2, 0.25) is 5.65 Å². The van der Waals surface area contributed by atoms with E-state index >= 15 is 0 Å². The molecule has 0 aromatic carbocycles. The number of hydrogen-bond donors (Lipinski definition) is 1. The molecular formula is C12H9N7O4. The van der Waals surface area contributed by atoms with Crippen LogP contribution < -0.4 is 10.2 Å². The van der Waals surface area contributed by atoms with Crippen molar-refractivity contribution in [3.63, 3.8) is 0 Å². The van der Waals surface area contributed by atoms with Crippen molar-refractivity contribution < 1.29 is 14.6 Å². The monoisotopic (exact) mass is 315 g/mol. The van der Waals surface area contributed by atoms with Gasteiger partial charge in [-0.05, 0) is 22.2 Å². The number of rotatable bonds is 4. The minimum Gasteiger partial charge on any atom is -0.372 e. The lowest BCUT2D eigenvalue weighted by molar-refractivity contribution is -0.385. The number of nitrogens with zero attached hydrogens (tertiary/aromatic N) is 6. The number of aromatic nitrogens is 5. The summed E-state index contributed by atoms with van der Waals surface area (Å²) < 4.78 is 0. The van der Waals surface area contributed by atoms with E-state index in [2.05, 4.69) is 25.6 Å². The molecule has 0 bridgehead atoms. The highest BCUT2D eigenvalue weighted by Crippen LogP contribution is 2.19. The average Bonchev–Trinajstić information content (AvgIpc) is 2.97. The number of fused-ring (bicyclic) bond motifs is 1. The van der Waals surface area contributed by atoms with Crippen LogP contribution in [0.25, 0.3) is 11.2 Å². The van der Waals surface area contributed by atoms with E-state index in [-0.39, 0.29) is 22.7 Å². The number of hydrogen-bond acceptors (Lipinski definition) is 9. The first-order valence-electron chi connectivity index (χ1n) is 6.31. The van der Waals surface area contributed by atoms with Crippen molar-refractivity contribution in [1.82, 2.24) is 25.1 Å². The summed E-state index contributed by atoms with van der Waals surface area (Å²) in [6.45, 7) is 0. The summed E-state index contributed by atoms with van der Waals surface area (Å²) in [4.78, 5) is 36.2. The van der Waals surface area contributed by atoms with E-state index in [4.69, 9.17) is 4.84 Å².